The minimum absolute atomic E-state index is 0.0423. The molecule has 1 aromatic heterocycles. The van der Waals surface area contributed by atoms with Crippen LogP contribution in [0.4, 0.5) is 11.4 Å². The van der Waals surface area contributed by atoms with Crippen LogP contribution in [0.5, 0.6) is 0 Å². The molecule has 2 aromatic carbocycles. The van der Waals surface area contributed by atoms with E-state index in [1.165, 1.54) is 36.0 Å². The van der Waals surface area contributed by atoms with Crippen molar-refractivity contribution in [2.45, 2.75) is 37.7 Å². The molecule has 9 nitrogen and oxygen atoms in total. The number of anilines is 1. The van der Waals surface area contributed by atoms with Gasteiger partial charge in [0.25, 0.3) is 5.69 Å². The van der Waals surface area contributed by atoms with Gasteiger partial charge in [-0.15, -0.1) is 0 Å². The van der Waals surface area contributed by atoms with Crippen LogP contribution in [0.3, 0.4) is 0 Å². The van der Waals surface area contributed by atoms with Gasteiger partial charge in [0.1, 0.15) is 0 Å². The Labute approximate surface area is 182 Å². The van der Waals surface area contributed by atoms with Gasteiger partial charge in [0.15, 0.2) is 5.16 Å². The molecule has 1 atom stereocenters. The number of carbonyl (C=O) groups excluding carboxylic acids is 2. The number of nitro groups is 1. The second-order valence-electron chi connectivity index (χ2n) is 6.62. The number of thioether (sulfide) groups is 1. The number of ether oxygens (including phenoxy) is 1. The van der Waals surface area contributed by atoms with E-state index in [4.69, 9.17) is 4.74 Å². The first-order valence-electron chi connectivity index (χ1n) is 9.73. The molecule has 0 saturated carbocycles. The molecule has 1 heterocycles. The van der Waals surface area contributed by atoms with Gasteiger partial charge in [-0.25, -0.2) is 9.78 Å². The van der Waals surface area contributed by atoms with Crippen molar-refractivity contribution >= 4 is 46.0 Å². The third-order valence-corrected chi connectivity index (χ3v) is 5.63. The van der Waals surface area contributed by atoms with Gasteiger partial charge in [-0.2, -0.15) is 0 Å². The number of non-ortho nitro benzene ring substituents is 1. The van der Waals surface area contributed by atoms with Gasteiger partial charge >= 0.3 is 5.97 Å². The average molecular weight is 442 g/mol. The molecule has 0 saturated heterocycles. The summed E-state index contributed by atoms with van der Waals surface area (Å²) in [6.45, 7) is 6.43. The summed E-state index contributed by atoms with van der Waals surface area (Å²) in [5.41, 5.74) is 2.37. The molecule has 0 aliphatic heterocycles. The van der Waals surface area contributed by atoms with Crippen LogP contribution in [0.1, 0.15) is 31.1 Å². The van der Waals surface area contributed by atoms with E-state index in [-0.39, 0.29) is 11.6 Å². The number of benzene rings is 2. The largest absolute Gasteiger partial charge is 0.462 e. The van der Waals surface area contributed by atoms with E-state index in [9.17, 15) is 19.7 Å². The summed E-state index contributed by atoms with van der Waals surface area (Å²) in [6, 6.07) is 10.9. The number of fused-ring (bicyclic) bond motifs is 1. The number of imidazole rings is 1. The van der Waals surface area contributed by atoms with Crippen molar-refractivity contribution in [2.75, 3.05) is 11.9 Å². The fraction of sp³-hybridized carbons (Fsp3) is 0.286. The lowest BCUT2D eigenvalue weighted by molar-refractivity contribution is -0.384. The monoisotopic (exact) mass is 442 g/mol. The van der Waals surface area contributed by atoms with E-state index in [0.717, 1.165) is 5.52 Å². The van der Waals surface area contributed by atoms with Crippen LogP contribution in [0.15, 0.2) is 47.6 Å². The molecule has 1 amide bonds. The minimum atomic E-state index is -0.493. The molecule has 1 N–H and O–H groups in total. The molecule has 1 unspecified atom stereocenters. The molecule has 162 valence electrons. The van der Waals surface area contributed by atoms with Gasteiger partial charge in [0, 0.05) is 24.4 Å². The Bertz CT molecular complexity index is 1130. The van der Waals surface area contributed by atoms with Crippen LogP contribution in [0.2, 0.25) is 0 Å². The lowest BCUT2D eigenvalue weighted by Gasteiger charge is -2.12. The van der Waals surface area contributed by atoms with Gasteiger partial charge in [0.05, 0.1) is 33.4 Å². The second kappa shape index (κ2) is 9.61. The fourth-order valence-corrected chi connectivity index (χ4v) is 3.95. The first kappa shape index (κ1) is 22.3. The molecule has 3 rings (SSSR count). The molecule has 0 fully saturated rings. The number of hydrogen-bond donors (Lipinski definition) is 1. The van der Waals surface area contributed by atoms with Crippen molar-refractivity contribution in [1.82, 2.24) is 9.55 Å². The van der Waals surface area contributed by atoms with E-state index < -0.39 is 16.1 Å². The van der Waals surface area contributed by atoms with Gasteiger partial charge in [-0.1, -0.05) is 11.8 Å². The van der Waals surface area contributed by atoms with Crippen LogP contribution < -0.4 is 5.32 Å². The van der Waals surface area contributed by atoms with E-state index in [0.29, 0.717) is 35.1 Å². The summed E-state index contributed by atoms with van der Waals surface area (Å²) in [5.74, 6) is -0.652. The predicted molar refractivity (Wildman–Crippen MR) is 118 cm³/mol. The van der Waals surface area contributed by atoms with Crippen molar-refractivity contribution in [2.24, 2.45) is 0 Å². The SMILES string of the molecule is CCOC(=O)c1ccc2c(c1)nc(SC(C)C(=O)Nc1ccc([N+](=O)[O-])cc1)n2CC. The number of esters is 1. The van der Waals surface area contributed by atoms with E-state index >= 15 is 0 Å². The van der Waals surface area contributed by atoms with Gasteiger partial charge in [-0.3, -0.25) is 14.9 Å². The number of hydrogen-bond acceptors (Lipinski definition) is 7. The first-order chi connectivity index (χ1) is 14.8. The van der Waals surface area contributed by atoms with Crippen molar-refractivity contribution in [3.05, 3.63) is 58.1 Å². The standard InChI is InChI=1S/C21H22N4O5S/c1-4-24-18-11-6-14(20(27)30-5-2)12-17(18)23-21(24)31-13(3)19(26)22-15-7-9-16(10-8-15)25(28)29/h6-13H,4-5H2,1-3H3,(H,22,26). The molecular weight excluding hydrogens is 420 g/mol. The van der Waals surface area contributed by atoms with Crippen LogP contribution >= 0.6 is 11.8 Å². The number of amides is 1. The molecule has 0 radical (unpaired) electrons. The maximum atomic E-state index is 12.6. The summed E-state index contributed by atoms with van der Waals surface area (Å²) in [4.78, 5) is 39.5. The van der Waals surface area contributed by atoms with E-state index in [2.05, 4.69) is 10.3 Å². The molecule has 3 aromatic rings. The number of aryl methyl sites for hydroxylation is 1. The van der Waals surface area contributed by atoms with Crippen molar-refractivity contribution < 1.29 is 19.2 Å². The zero-order valence-electron chi connectivity index (χ0n) is 17.3. The average Bonchev–Trinajstić information content (AvgIpc) is 3.10. The highest BCUT2D eigenvalue weighted by Gasteiger charge is 2.20. The second-order valence-corrected chi connectivity index (χ2v) is 7.92. The lowest BCUT2D eigenvalue weighted by atomic mass is 10.2. The highest BCUT2D eigenvalue weighted by Crippen LogP contribution is 2.29. The number of nitro benzene ring substituents is 1. The third-order valence-electron chi connectivity index (χ3n) is 4.54. The Morgan fingerprint density at radius 3 is 2.55 bits per heavy atom. The summed E-state index contributed by atoms with van der Waals surface area (Å²) in [5, 5.41) is 13.7. The van der Waals surface area contributed by atoms with Crippen molar-refractivity contribution in [3.63, 3.8) is 0 Å². The highest BCUT2D eigenvalue weighted by atomic mass is 32.2. The lowest BCUT2D eigenvalue weighted by Crippen LogP contribution is -2.22. The third kappa shape index (κ3) is 5.02. The normalized spacial score (nSPS) is 11.8. The van der Waals surface area contributed by atoms with Gasteiger partial charge in [0.2, 0.25) is 5.91 Å². The molecule has 0 aliphatic carbocycles. The van der Waals surface area contributed by atoms with Gasteiger partial charge in [-0.05, 0) is 51.1 Å². The summed E-state index contributed by atoms with van der Waals surface area (Å²) in [7, 11) is 0. The zero-order chi connectivity index (χ0) is 22.5. The summed E-state index contributed by atoms with van der Waals surface area (Å²) < 4.78 is 7.02. The van der Waals surface area contributed by atoms with Crippen molar-refractivity contribution in [1.29, 1.82) is 0 Å². The molecule has 10 heteroatoms. The van der Waals surface area contributed by atoms with E-state index in [1.54, 1.807) is 26.0 Å². The Hall–Kier alpha value is -3.40. The Kier molecular flexibility index (Phi) is 6.91. The van der Waals surface area contributed by atoms with Crippen LogP contribution in [-0.2, 0) is 16.1 Å². The first-order valence-corrected chi connectivity index (χ1v) is 10.6. The molecular formula is C21H22N4O5S. The number of aromatic nitrogens is 2. The fourth-order valence-electron chi connectivity index (χ4n) is 2.97. The zero-order valence-corrected chi connectivity index (χ0v) is 18.1. The van der Waals surface area contributed by atoms with Gasteiger partial charge < -0.3 is 14.6 Å². The number of nitrogens with one attached hydrogen (secondary N) is 1. The molecule has 0 aliphatic rings. The quantitative estimate of drug-likeness (QED) is 0.240. The van der Waals surface area contributed by atoms with Crippen molar-refractivity contribution in [3.8, 4) is 0 Å². The Morgan fingerprint density at radius 1 is 1.23 bits per heavy atom. The molecule has 31 heavy (non-hydrogen) atoms. The van der Waals surface area contributed by atoms with E-state index in [1.807, 2.05) is 17.6 Å². The number of rotatable bonds is 8. The topological polar surface area (TPSA) is 116 Å². The summed E-state index contributed by atoms with van der Waals surface area (Å²) >= 11 is 1.30. The molecule has 0 bridgehead atoms. The number of nitrogens with zero attached hydrogens (tertiary/aromatic N) is 3. The van der Waals surface area contributed by atoms with Crippen LogP contribution in [0, 0.1) is 10.1 Å². The minimum Gasteiger partial charge on any atom is -0.462 e. The highest BCUT2D eigenvalue weighted by molar-refractivity contribution is 8.00. The van der Waals surface area contributed by atoms with Crippen LogP contribution in [-0.4, -0.2) is 38.2 Å². The predicted octanol–water partition coefficient (Wildman–Crippen LogP) is 4.26. The Morgan fingerprint density at radius 2 is 1.94 bits per heavy atom. The maximum Gasteiger partial charge on any atom is 0.338 e. The number of carbonyl (C=O) groups is 2. The molecule has 0 spiro atoms. The summed E-state index contributed by atoms with van der Waals surface area (Å²) in [6.07, 6.45) is 0. The Balaban J connectivity index is 1.76. The smallest absolute Gasteiger partial charge is 0.338 e. The maximum absolute atomic E-state index is 12.6. The van der Waals surface area contributed by atoms with Crippen LogP contribution in [0.25, 0.3) is 11.0 Å².